The minimum Gasteiger partial charge on any atom is -0.392 e. The molecule has 0 spiro atoms. The lowest BCUT2D eigenvalue weighted by Crippen LogP contribution is -2.37. The average Bonchev–Trinajstić information content (AvgIpc) is 2.91. The van der Waals surface area contributed by atoms with Crippen LogP contribution < -0.4 is 10.8 Å². The van der Waals surface area contributed by atoms with E-state index >= 15 is 0 Å². The second kappa shape index (κ2) is 14.6. The third kappa shape index (κ3) is 9.07. The van der Waals surface area contributed by atoms with Gasteiger partial charge in [0.2, 0.25) is 11.8 Å². The number of carbonyl (C=O) groups excluding carboxylic acids is 2. The Morgan fingerprint density at radius 3 is 2.30 bits per heavy atom. The van der Waals surface area contributed by atoms with Crippen LogP contribution in [0.25, 0.3) is 0 Å². The smallest absolute Gasteiger partial charge is 0.243 e. The summed E-state index contributed by atoms with van der Waals surface area (Å²) in [6.07, 6.45) is 3.29. The number of anilines is 1. The number of nitrogens with one attached hydrogen (secondary N) is 2. The van der Waals surface area contributed by atoms with E-state index in [1.165, 1.54) is 0 Å². The van der Waals surface area contributed by atoms with Crippen LogP contribution in [0.4, 0.5) is 5.69 Å². The van der Waals surface area contributed by atoms with E-state index in [0.717, 1.165) is 29.8 Å². The number of ether oxygens (including phenoxy) is 2. The van der Waals surface area contributed by atoms with Gasteiger partial charge in [0.25, 0.3) is 0 Å². The van der Waals surface area contributed by atoms with Crippen LogP contribution in [0.2, 0.25) is 0 Å². The van der Waals surface area contributed by atoms with Gasteiger partial charge in [-0.25, -0.2) is 5.48 Å². The molecule has 0 aliphatic carbocycles. The van der Waals surface area contributed by atoms with Crippen molar-refractivity contribution in [1.82, 2.24) is 10.4 Å². The summed E-state index contributed by atoms with van der Waals surface area (Å²) in [5, 5.41) is 20.7. The number of rotatable bonds is 13. The van der Waals surface area contributed by atoms with Crippen molar-refractivity contribution in [2.75, 3.05) is 25.5 Å². The first-order valence-corrected chi connectivity index (χ1v) is 12.5. The van der Waals surface area contributed by atoms with Crippen molar-refractivity contribution >= 4 is 17.5 Å². The molecule has 3 unspecified atom stereocenters. The van der Waals surface area contributed by atoms with Gasteiger partial charge in [-0.2, -0.15) is 0 Å². The maximum absolute atomic E-state index is 12.2. The highest BCUT2D eigenvalue weighted by atomic mass is 16.7. The molecule has 3 rings (SSSR count). The maximum Gasteiger partial charge on any atom is 0.243 e. The zero-order valence-corrected chi connectivity index (χ0v) is 21.3. The number of carbonyl (C=O) groups is 2. The van der Waals surface area contributed by atoms with Crippen molar-refractivity contribution in [3.05, 3.63) is 77.9 Å². The van der Waals surface area contributed by atoms with E-state index in [1.54, 1.807) is 5.48 Å². The first-order chi connectivity index (χ1) is 17.9. The highest BCUT2D eigenvalue weighted by molar-refractivity contribution is 5.90. The molecule has 0 aromatic heterocycles. The van der Waals surface area contributed by atoms with Crippen molar-refractivity contribution in [3.8, 4) is 0 Å². The maximum atomic E-state index is 12.2. The highest BCUT2D eigenvalue weighted by Gasteiger charge is 2.32. The second-order valence-corrected chi connectivity index (χ2v) is 9.27. The first-order valence-electron chi connectivity index (χ1n) is 12.5. The number of amides is 2. The molecule has 1 saturated heterocycles. The molecule has 1 heterocycles. The van der Waals surface area contributed by atoms with Gasteiger partial charge in [-0.3, -0.25) is 14.8 Å². The lowest BCUT2D eigenvalue weighted by Gasteiger charge is -2.37. The fourth-order valence-corrected chi connectivity index (χ4v) is 4.25. The number of aliphatic hydroxyl groups excluding tert-OH is 1. The molecule has 200 valence electrons. The normalized spacial score (nSPS) is 19.4. The summed E-state index contributed by atoms with van der Waals surface area (Å²) in [7, 11) is 2.03. The summed E-state index contributed by atoms with van der Waals surface area (Å²) in [4.78, 5) is 25.4. The molecule has 4 N–H and O–H groups in total. The number of nitrogens with zero attached hydrogens (tertiary/aromatic N) is 1. The van der Waals surface area contributed by atoms with E-state index in [0.29, 0.717) is 24.9 Å². The third-order valence-corrected chi connectivity index (χ3v) is 6.22. The molecule has 1 aliphatic heterocycles. The lowest BCUT2D eigenvalue weighted by molar-refractivity contribution is -0.252. The second-order valence-electron chi connectivity index (χ2n) is 9.27. The predicted molar refractivity (Wildman–Crippen MR) is 140 cm³/mol. The van der Waals surface area contributed by atoms with Crippen molar-refractivity contribution < 1.29 is 29.4 Å². The molecule has 1 fully saturated rings. The Kier molecular flexibility index (Phi) is 11.2. The number of unbranched alkanes of at least 4 members (excludes halogenated alkanes) is 1. The van der Waals surface area contributed by atoms with E-state index in [-0.39, 0.29) is 37.6 Å². The molecule has 0 saturated carbocycles. The third-order valence-electron chi connectivity index (χ3n) is 6.22. The molecular weight excluding hydrogens is 474 g/mol. The van der Waals surface area contributed by atoms with Gasteiger partial charge in [-0.1, -0.05) is 42.5 Å². The van der Waals surface area contributed by atoms with E-state index in [9.17, 15) is 14.7 Å². The Bertz CT molecular complexity index is 1010. The Hall–Kier alpha value is -3.08. The number of hydrogen-bond donors (Lipinski definition) is 4. The van der Waals surface area contributed by atoms with Gasteiger partial charge in [0.05, 0.1) is 18.8 Å². The highest BCUT2D eigenvalue weighted by Crippen LogP contribution is 2.38. The largest absolute Gasteiger partial charge is 0.392 e. The molecule has 37 heavy (non-hydrogen) atoms. The summed E-state index contributed by atoms with van der Waals surface area (Å²) in [6, 6.07) is 15.2. The van der Waals surface area contributed by atoms with Crippen molar-refractivity contribution in [2.45, 2.75) is 57.2 Å². The summed E-state index contributed by atoms with van der Waals surface area (Å²) < 4.78 is 12.7. The fraction of sp³-hybridized carbons (Fsp3) is 0.429. The summed E-state index contributed by atoms with van der Waals surface area (Å²) in [6.45, 7) is 5.29. The molecule has 9 nitrogen and oxygen atoms in total. The minimum atomic E-state index is -0.569. The number of aliphatic hydroxyl groups is 1. The SMILES string of the molecule is C=CCN(C)CC1CC(c2ccc(CO)cc2)OC(c2ccc(NC(=O)CCCCC(=O)NO)cc2)O1. The van der Waals surface area contributed by atoms with Gasteiger partial charge in [0.1, 0.15) is 0 Å². The standard InChI is InChI=1S/C28H37N3O6/c1-3-16-31(2)18-24-17-25(21-10-8-20(19-32)9-11-21)37-28(36-24)22-12-14-23(15-13-22)29-26(33)6-4-5-7-27(34)30-35/h3,8-15,24-25,28,32,35H,1,4-7,16-19H2,2H3,(H,29,33)(H,30,34). The predicted octanol–water partition coefficient (Wildman–Crippen LogP) is 3.85. The Labute approximate surface area is 218 Å². The van der Waals surface area contributed by atoms with Crippen LogP contribution in [0.3, 0.4) is 0 Å². The summed E-state index contributed by atoms with van der Waals surface area (Å²) in [5.41, 5.74) is 4.97. The Morgan fingerprint density at radius 2 is 1.68 bits per heavy atom. The van der Waals surface area contributed by atoms with Crippen LogP contribution in [0.5, 0.6) is 0 Å². The van der Waals surface area contributed by atoms with E-state index < -0.39 is 12.2 Å². The van der Waals surface area contributed by atoms with Crippen molar-refractivity contribution in [1.29, 1.82) is 0 Å². The van der Waals surface area contributed by atoms with E-state index in [2.05, 4.69) is 16.8 Å². The van der Waals surface area contributed by atoms with Gasteiger partial charge in [0.15, 0.2) is 6.29 Å². The fourth-order valence-electron chi connectivity index (χ4n) is 4.25. The first kappa shape index (κ1) is 28.5. The summed E-state index contributed by atoms with van der Waals surface area (Å²) in [5.74, 6) is -0.596. The number of hydroxylamine groups is 1. The number of benzene rings is 2. The van der Waals surface area contributed by atoms with Crippen LogP contribution in [-0.4, -0.2) is 53.3 Å². The Balaban J connectivity index is 1.63. The molecule has 2 amide bonds. The quantitative estimate of drug-likeness (QED) is 0.140. The minimum absolute atomic E-state index is 0.00370. The monoisotopic (exact) mass is 511 g/mol. The number of hydrogen-bond acceptors (Lipinski definition) is 7. The lowest BCUT2D eigenvalue weighted by atomic mass is 9.99. The average molecular weight is 512 g/mol. The van der Waals surface area contributed by atoms with Crippen LogP contribution in [-0.2, 0) is 25.7 Å². The van der Waals surface area contributed by atoms with Crippen LogP contribution in [0, 0.1) is 0 Å². The number of likely N-dealkylation sites (N-methyl/N-ethyl adjacent to an activating group) is 1. The molecule has 9 heteroatoms. The van der Waals surface area contributed by atoms with Crippen LogP contribution >= 0.6 is 0 Å². The van der Waals surface area contributed by atoms with E-state index in [4.69, 9.17) is 14.7 Å². The summed E-state index contributed by atoms with van der Waals surface area (Å²) >= 11 is 0. The molecular formula is C28H37N3O6. The van der Waals surface area contributed by atoms with Gasteiger partial charge in [0, 0.05) is 43.6 Å². The van der Waals surface area contributed by atoms with Crippen LogP contribution in [0.1, 0.15) is 61.2 Å². The Morgan fingerprint density at radius 1 is 1.03 bits per heavy atom. The molecule has 2 aromatic carbocycles. The molecule has 0 bridgehead atoms. The molecule has 3 atom stereocenters. The molecule has 2 aromatic rings. The van der Waals surface area contributed by atoms with Gasteiger partial charge >= 0.3 is 0 Å². The molecule has 1 aliphatic rings. The van der Waals surface area contributed by atoms with Gasteiger partial charge < -0.3 is 24.8 Å². The zero-order valence-electron chi connectivity index (χ0n) is 21.3. The topological polar surface area (TPSA) is 120 Å². The van der Waals surface area contributed by atoms with E-state index in [1.807, 2.05) is 61.7 Å². The van der Waals surface area contributed by atoms with Gasteiger partial charge in [-0.15, -0.1) is 6.58 Å². The van der Waals surface area contributed by atoms with Crippen LogP contribution in [0.15, 0.2) is 61.2 Å². The van der Waals surface area contributed by atoms with Crippen molar-refractivity contribution in [3.63, 3.8) is 0 Å². The van der Waals surface area contributed by atoms with Gasteiger partial charge in [-0.05, 0) is 43.1 Å². The zero-order chi connectivity index (χ0) is 26.6. The van der Waals surface area contributed by atoms with Crippen molar-refractivity contribution in [2.24, 2.45) is 0 Å². The molecule has 0 radical (unpaired) electrons.